The van der Waals surface area contributed by atoms with Crippen molar-refractivity contribution in [3.63, 3.8) is 0 Å². The zero-order chi connectivity index (χ0) is 22.5. The molecule has 166 valence electrons. The monoisotopic (exact) mass is 436 g/mol. The lowest BCUT2D eigenvalue weighted by Crippen LogP contribution is -2.49. The molecule has 0 radical (unpaired) electrons. The van der Waals surface area contributed by atoms with Crippen LogP contribution < -0.4 is 15.4 Å². The second-order valence-corrected chi connectivity index (χ2v) is 7.16. The topological polar surface area (TPSA) is 73.9 Å². The molecule has 1 fully saturated rings. The average molecular weight is 436 g/mol. The van der Waals surface area contributed by atoms with Crippen molar-refractivity contribution in [2.45, 2.75) is 13.5 Å². The molecule has 0 bridgehead atoms. The first-order chi connectivity index (χ1) is 14.8. The van der Waals surface area contributed by atoms with Crippen LogP contribution in [-0.2, 0) is 11.3 Å². The summed E-state index contributed by atoms with van der Waals surface area (Å²) in [6.45, 7) is 3.57. The maximum absolute atomic E-state index is 14.1. The molecule has 1 saturated heterocycles. The standard InChI is InChI=1S/C21H23F3N4O3/c1-13(29)25-18-11-19(16(23)10-15(18)22)26-21(30)28-7-5-27(6-8-28)12-14-3-4-20(31-2)17(24)9-14/h3-4,9-11H,5-8,12H2,1-2H3,(H,25,29)(H,26,30). The van der Waals surface area contributed by atoms with Gasteiger partial charge in [0.1, 0.15) is 11.6 Å². The molecule has 10 heteroatoms. The summed E-state index contributed by atoms with van der Waals surface area (Å²) in [5, 5.41) is 4.66. The van der Waals surface area contributed by atoms with E-state index in [9.17, 15) is 22.8 Å². The zero-order valence-corrected chi connectivity index (χ0v) is 17.2. The van der Waals surface area contributed by atoms with Crippen molar-refractivity contribution >= 4 is 23.3 Å². The maximum atomic E-state index is 14.1. The Morgan fingerprint density at radius 3 is 2.16 bits per heavy atom. The van der Waals surface area contributed by atoms with Gasteiger partial charge in [-0.25, -0.2) is 18.0 Å². The van der Waals surface area contributed by atoms with Crippen LogP contribution in [0.5, 0.6) is 5.75 Å². The molecule has 0 aromatic heterocycles. The first-order valence-corrected chi connectivity index (χ1v) is 9.64. The fourth-order valence-electron chi connectivity index (χ4n) is 3.30. The number of carbonyl (C=O) groups excluding carboxylic acids is 2. The Morgan fingerprint density at radius 1 is 0.935 bits per heavy atom. The van der Waals surface area contributed by atoms with E-state index in [0.717, 1.165) is 11.6 Å². The van der Waals surface area contributed by atoms with Gasteiger partial charge >= 0.3 is 6.03 Å². The number of rotatable bonds is 5. The van der Waals surface area contributed by atoms with Crippen LogP contribution in [0.4, 0.5) is 29.3 Å². The Balaban J connectivity index is 1.57. The fourth-order valence-corrected chi connectivity index (χ4v) is 3.30. The van der Waals surface area contributed by atoms with Crippen LogP contribution in [0.15, 0.2) is 30.3 Å². The van der Waals surface area contributed by atoms with E-state index >= 15 is 0 Å². The molecule has 1 aliphatic heterocycles. The smallest absolute Gasteiger partial charge is 0.322 e. The Bertz CT molecular complexity index is 979. The number of halogens is 3. The number of methoxy groups -OCH3 is 1. The third kappa shape index (κ3) is 5.66. The highest BCUT2D eigenvalue weighted by atomic mass is 19.1. The molecule has 2 aromatic carbocycles. The molecule has 7 nitrogen and oxygen atoms in total. The number of urea groups is 1. The molecule has 1 aliphatic rings. The van der Waals surface area contributed by atoms with Crippen molar-refractivity contribution < 1.29 is 27.5 Å². The van der Waals surface area contributed by atoms with E-state index in [2.05, 4.69) is 15.5 Å². The van der Waals surface area contributed by atoms with E-state index < -0.39 is 29.4 Å². The molecule has 31 heavy (non-hydrogen) atoms. The number of ether oxygens (including phenoxy) is 1. The number of nitrogens with one attached hydrogen (secondary N) is 2. The minimum Gasteiger partial charge on any atom is -0.494 e. The van der Waals surface area contributed by atoms with Gasteiger partial charge in [-0.3, -0.25) is 9.69 Å². The van der Waals surface area contributed by atoms with Gasteiger partial charge < -0.3 is 20.3 Å². The predicted octanol–water partition coefficient (Wildman–Crippen LogP) is 3.42. The largest absolute Gasteiger partial charge is 0.494 e. The van der Waals surface area contributed by atoms with Gasteiger partial charge in [0.05, 0.1) is 18.5 Å². The molecule has 0 saturated carbocycles. The van der Waals surface area contributed by atoms with Crippen molar-refractivity contribution in [1.82, 2.24) is 9.80 Å². The van der Waals surface area contributed by atoms with Gasteiger partial charge in [0.25, 0.3) is 0 Å². The normalized spacial score (nSPS) is 14.3. The predicted molar refractivity (Wildman–Crippen MR) is 109 cm³/mol. The molecule has 0 spiro atoms. The summed E-state index contributed by atoms with van der Waals surface area (Å²) in [5.74, 6) is -2.65. The fraction of sp³-hybridized carbons (Fsp3) is 0.333. The number of hydrogen-bond donors (Lipinski definition) is 2. The molecule has 3 amide bonds. The van der Waals surface area contributed by atoms with Crippen molar-refractivity contribution in [2.75, 3.05) is 43.9 Å². The molecule has 2 aromatic rings. The molecule has 0 aliphatic carbocycles. The third-order valence-corrected chi connectivity index (χ3v) is 4.89. The summed E-state index contributed by atoms with van der Waals surface area (Å²) in [5.41, 5.74) is 0.335. The summed E-state index contributed by atoms with van der Waals surface area (Å²) in [4.78, 5) is 27.2. The van der Waals surface area contributed by atoms with Crippen LogP contribution in [0.2, 0.25) is 0 Å². The van der Waals surface area contributed by atoms with Gasteiger partial charge in [-0.05, 0) is 23.8 Å². The second-order valence-electron chi connectivity index (χ2n) is 7.16. The number of benzene rings is 2. The number of hydrogen-bond acceptors (Lipinski definition) is 4. The van der Waals surface area contributed by atoms with E-state index in [0.29, 0.717) is 38.8 Å². The van der Waals surface area contributed by atoms with Gasteiger partial charge in [-0.1, -0.05) is 6.07 Å². The lowest BCUT2D eigenvalue weighted by atomic mass is 10.2. The Hall–Kier alpha value is -3.27. The van der Waals surface area contributed by atoms with E-state index in [-0.39, 0.29) is 17.1 Å². The summed E-state index contributed by atoms with van der Waals surface area (Å²) in [6, 6.07) is 5.88. The van der Waals surface area contributed by atoms with Crippen LogP contribution in [0, 0.1) is 17.5 Å². The van der Waals surface area contributed by atoms with Crippen molar-refractivity contribution in [1.29, 1.82) is 0 Å². The van der Waals surface area contributed by atoms with Crippen molar-refractivity contribution in [3.05, 3.63) is 53.3 Å². The lowest BCUT2D eigenvalue weighted by Gasteiger charge is -2.34. The number of carbonyl (C=O) groups is 2. The highest BCUT2D eigenvalue weighted by Crippen LogP contribution is 2.24. The van der Waals surface area contributed by atoms with E-state index in [1.165, 1.54) is 25.0 Å². The summed E-state index contributed by atoms with van der Waals surface area (Å²) < 4.78 is 46.6. The van der Waals surface area contributed by atoms with Gasteiger partial charge in [-0.2, -0.15) is 0 Å². The molecule has 3 rings (SSSR count). The molecular formula is C21H23F3N4O3. The number of amides is 3. The van der Waals surface area contributed by atoms with Gasteiger partial charge in [0.2, 0.25) is 5.91 Å². The quantitative estimate of drug-likeness (QED) is 0.754. The number of nitrogens with zero attached hydrogens (tertiary/aromatic N) is 2. The first kappa shape index (κ1) is 22.4. The summed E-state index contributed by atoms with van der Waals surface area (Å²) in [6.07, 6.45) is 0. The van der Waals surface area contributed by atoms with Gasteiger partial charge in [0.15, 0.2) is 11.6 Å². The molecular weight excluding hydrogens is 413 g/mol. The zero-order valence-electron chi connectivity index (χ0n) is 17.2. The van der Waals surface area contributed by atoms with E-state index in [1.807, 2.05) is 0 Å². The molecule has 2 N–H and O–H groups in total. The number of anilines is 2. The summed E-state index contributed by atoms with van der Waals surface area (Å²) in [7, 11) is 1.40. The summed E-state index contributed by atoms with van der Waals surface area (Å²) >= 11 is 0. The Morgan fingerprint density at radius 2 is 1.58 bits per heavy atom. The highest BCUT2D eigenvalue weighted by molar-refractivity contribution is 5.92. The van der Waals surface area contributed by atoms with Gasteiger partial charge in [0, 0.05) is 45.7 Å². The third-order valence-electron chi connectivity index (χ3n) is 4.89. The van der Waals surface area contributed by atoms with Crippen LogP contribution in [0.3, 0.4) is 0 Å². The second kappa shape index (κ2) is 9.69. The molecule has 0 unspecified atom stereocenters. The SMILES string of the molecule is COc1ccc(CN2CCN(C(=O)Nc3cc(NC(C)=O)c(F)cc3F)CC2)cc1F. The average Bonchev–Trinajstić information content (AvgIpc) is 2.72. The lowest BCUT2D eigenvalue weighted by molar-refractivity contribution is -0.114. The minimum absolute atomic E-state index is 0.180. The van der Waals surface area contributed by atoms with Crippen LogP contribution in [-0.4, -0.2) is 55.0 Å². The van der Waals surface area contributed by atoms with Crippen molar-refractivity contribution in [3.8, 4) is 5.75 Å². The van der Waals surface area contributed by atoms with Crippen molar-refractivity contribution in [2.24, 2.45) is 0 Å². The molecule has 0 atom stereocenters. The van der Waals surface area contributed by atoms with Crippen LogP contribution in [0.25, 0.3) is 0 Å². The highest BCUT2D eigenvalue weighted by Gasteiger charge is 2.23. The van der Waals surface area contributed by atoms with Crippen LogP contribution >= 0.6 is 0 Å². The Kier molecular flexibility index (Phi) is 7.01. The van der Waals surface area contributed by atoms with Gasteiger partial charge in [-0.15, -0.1) is 0 Å². The first-order valence-electron chi connectivity index (χ1n) is 9.64. The number of piperazine rings is 1. The minimum atomic E-state index is -0.944. The Labute approximate surface area is 177 Å². The van der Waals surface area contributed by atoms with E-state index in [4.69, 9.17) is 4.74 Å². The van der Waals surface area contributed by atoms with E-state index in [1.54, 1.807) is 12.1 Å². The van der Waals surface area contributed by atoms with Crippen LogP contribution in [0.1, 0.15) is 12.5 Å². The maximum Gasteiger partial charge on any atom is 0.322 e. The molecule has 1 heterocycles.